The van der Waals surface area contributed by atoms with Gasteiger partial charge in [-0.2, -0.15) is 4.31 Å². The molecule has 0 bridgehead atoms. The van der Waals surface area contributed by atoms with Crippen molar-refractivity contribution in [2.45, 2.75) is 6.92 Å². The summed E-state index contributed by atoms with van der Waals surface area (Å²) in [7, 11) is -3.20. The van der Waals surface area contributed by atoms with Crippen LogP contribution in [0.25, 0.3) is 5.52 Å². The second-order valence-electron chi connectivity index (χ2n) is 5.58. The zero-order chi connectivity index (χ0) is 16.8. The lowest BCUT2D eigenvalue weighted by Gasteiger charge is -2.35. The topological polar surface area (TPSA) is 75.0 Å². The van der Waals surface area contributed by atoms with Crippen LogP contribution in [0.1, 0.15) is 17.3 Å². The molecule has 9 heteroatoms. The number of pyridine rings is 1. The minimum atomic E-state index is -3.20. The molecule has 1 fully saturated rings. The molecule has 7 nitrogen and oxygen atoms in total. The van der Waals surface area contributed by atoms with Gasteiger partial charge in [-0.3, -0.25) is 9.20 Å². The van der Waals surface area contributed by atoms with E-state index in [1.807, 2.05) is 4.90 Å². The monoisotopic (exact) mass is 356 g/mol. The Bertz CT molecular complexity index is 870. The van der Waals surface area contributed by atoms with Crippen LogP contribution in [0.4, 0.5) is 5.82 Å². The van der Waals surface area contributed by atoms with Gasteiger partial charge in [-0.15, -0.1) is 0 Å². The third-order valence-corrected chi connectivity index (χ3v) is 5.62. The Balaban J connectivity index is 2.03. The van der Waals surface area contributed by atoms with Crippen molar-refractivity contribution in [1.82, 2.24) is 13.7 Å². The normalized spacial score (nSPS) is 16.9. The smallest absolute Gasteiger partial charge is 0.211 e. The molecule has 0 N–H and O–H groups in total. The van der Waals surface area contributed by atoms with Crippen LogP contribution >= 0.6 is 11.6 Å². The van der Waals surface area contributed by atoms with Crippen LogP contribution in [-0.4, -0.2) is 60.3 Å². The quantitative estimate of drug-likeness (QED) is 0.774. The van der Waals surface area contributed by atoms with Crippen molar-refractivity contribution in [3.05, 3.63) is 29.2 Å². The average Bonchev–Trinajstić information content (AvgIpc) is 2.96. The number of hydrogen-bond donors (Lipinski definition) is 0. The minimum absolute atomic E-state index is 0.0944. The summed E-state index contributed by atoms with van der Waals surface area (Å²) in [6.45, 7) is 3.26. The largest absolute Gasteiger partial charge is 0.354 e. The molecule has 0 atom stereocenters. The fourth-order valence-corrected chi connectivity index (χ4v) is 3.92. The molecule has 0 saturated carbocycles. The number of ketones is 1. The van der Waals surface area contributed by atoms with Gasteiger partial charge in [0.15, 0.2) is 5.78 Å². The number of fused-ring (bicyclic) bond motifs is 1. The number of anilines is 1. The van der Waals surface area contributed by atoms with E-state index >= 15 is 0 Å². The first-order chi connectivity index (χ1) is 10.8. The molecule has 3 heterocycles. The van der Waals surface area contributed by atoms with Gasteiger partial charge in [0.2, 0.25) is 10.0 Å². The van der Waals surface area contributed by atoms with Gasteiger partial charge in [0.25, 0.3) is 0 Å². The SMILES string of the molecule is CC(=O)c1cc(Cl)c2cncn2c1N1CCN(S(C)(=O)=O)CC1. The molecule has 0 radical (unpaired) electrons. The molecule has 0 unspecified atom stereocenters. The first-order valence-electron chi connectivity index (χ1n) is 7.14. The molecular weight excluding hydrogens is 340 g/mol. The molecular formula is C14H17ClN4O3S. The highest BCUT2D eigenvalue weighted by atomic mass is 35.5. The van der Waals surface area contributed by atoms with E-state index < -0.39 is 10.0 Å². The molecule has 2 aromatic heterocycles. The number of halogens is 1. The summed E-state index contributed by atoms with van der Waals surface area (Å²) in [5, 5.41) is 0.464. The number of aromatic nitrogens is 2. The van der Waals surface area contributed by atoms with Crippen LogP contribution in [0.5, 0.6) is 0 Å². The highest BCUT2D eigenvalue weighted by Gasteiger charge is 2.27. The number of imidazole rings is 1. The highest BCUT2D eigenvalue weighted by Crippen LogP contribution is 2.30. The van der Waals surface area contributed by atoms with Gasteiger partial charge in [0.05, 0.1) is 28.6 Å². The van der Waals surface area contributed by atoms with E-state index in [4.69, 9.17) is 11.6 Å². The molecule has 0 spiro atoms. The van der Waals surface area contributed by atoms with Gasteiger partial charge in [-0.25, -0.2) is 13.4 Å². The molecule has 0 aromatic carbocycles. The summed E-state index contributed by atoms with van der Waals surface area (Å²) in [5.41, 5.74) is 1.23. The highest BCUT2D eigenvalue weighted by molar-refractivity contribution is 7.88. The Labute approximate surface area is 139 Å². The molecule has 124 valence electrons. The molecule has 1 aliphatic rings. The maximum atomic E-state index is 12.0. The second-order valence-corrected chi connectivity index (χ2v) is 7.97. The summed E-state index contributed by atoms with van der Waals surface area (Å²) < 4.78 is 26.5. The first-order valence-corrected chi connectivity index (χ1v) is 9.37. The third kappa shape index (κ3) is 2.93. The van der Waals surface area contributed by atoms with E-state index in [0.29, 0.717) is 42.6 Å². The summed E-state index contributed by atoms with van der Waals surface area (Å²) in [6, 6.07) is 1.65. The Hall–Kier alpha value is -1.64. The van der Waals surface area contributed by atoms with Gasteiger partial charge in [0, 0.05) is 26.2 Å². The molecule has 0 aliphatic carbocycles. The number of carbonyl (C=O) groups is 1. The number of Topliss-reactive ketones (excluding diaryl/α,β-unsaturated/α-hetero) is 1. The Kier molecular flexibility index (Phi) is 4.07. The van der Waals surface area contributed by atoms with Crippen LogP contribution in [-0.2, 0) is 10.0 Å². The van der Waals surface area contributed by atoms with E-state index in [-0.39, 0.29) is 5.78 Å². The fraction of sp³-hybridized carbons (Fsp3) is 0.429. The molecule has 1 saturated heterocycles. The zero-order valence-electron chi connectivity index (χ0n) is 12.9. The maximum Gasteiger partial charge on any atom is 0.211 e. The number of hydrogen-bond acceptors (Lipinski definition) is 5. The number of sulfonamides is 1. The molecule has 3 rings (SSSR count). The van der Waals surface area contributed by atoms with Crippen molar-refractivity contribution >= 4 is 38.7 Å². The van der Waals surface area contributed by atoms with Crippen molar-refractivity contribution in [2.24, 2.45) is 0 Å². The van der Waals surface area contributed by atoms with E-state index in [1.54, 1.807) is 23.0 Å². The average molecular weight is 357 g/mol. The third-order valence-electron chi connectivity index (χ3n) is 4.01. The number of carbonyl (C=O) groups excluding carboxylic acids is 1. The number of piperazine rings is 1. The predicted octanol–water partition coefficient (Wildman–Crippen LogP) is 1.27. The van der Waals surface area contributed by atoms with Crippen molar-refractivity contribution in [3.8, 4) is 0 Å². The Morgan fingerprint density at radius 2 is 1.91 bits per heavy atom. The number of nitrogens with zero attached hydrogens (tertiary/aromatic N) is 4. The summed E-state index contributed by atoms with van der Waals surface area (Å²) in [6.07, 6.45) is 4.47. The number of rotatable bonds is 3. The Morgan fingerprint density at radius 3 is 2.48 bits per heavy atom. The van der Waals surface area contributed by atoms with E-state index in [0.717, 1.165) is 5.52 Å². The van der Waals surface area contributed by atoms with E-state index in [9.17, 15) is 13.2 Å². The fourth-order valence-electron chi connectivity index (χ4n) is 2.85. The standard InChI is InChI=1S/C14H17ClN4O3S/c1-10(20)11-7-12(15)13-8-16-9-19(13)14(11)17-3-5-18(6-4-17)23(2,21)22/h7-9H,3-6H2,1-2H3. The van der Waals surface area contributed by atoms with Gasteiger partial charge < -0.3 is 4.90 Å². The lowest BCUT2D eigenvalue weighted by atomic mass is 10.1. The van der Waals surface area contributed by atoms with E-state index in [1.165, 1.54) is 17.5 Å². The molecule has 23 heavy (non-hydrogen) atoms. The van der Waals surface area contributed by atoms with Crippen LogP contribution < -0.4 is 4.90 Å². The van der Waals surface area contributed by atoms with Gasteiger partial charge in [-0.1, -0.05) is 11.6 Å². The van der Waals surface area contributed by atoms with Gasteiger partial charge in [0.1, 0.15) is 12.1 Å². The lowest BCUT2D eigenvalue weighted by Crippen LogP contribution is -2.49. The second kappa shape index (κ2) is 5.77. The molecule has 2 aromatic rings. The Morgan fingerprint density at radius 1 is 1.26 bits per heavy atom. The van der Waals surface area contributed by atoms with Crippen molar-refractivity contribution in [2.75, 3.05) is 37.3 Å². The van der Waals surface area contributed by atoms with Crippen molar-refractivity contribution in [1.29, 1.82) is 0 Å². The van der Waals surface area contributed by atoms with Crippen LogP contribution in [0.3, 0.4) is 0 Å². The van der Waals surface area contributed by atoms with Crippen molar-refractivity contribution < 1.29 is 13.2 Å². The maximum absolute atomic E-state index is 12.0. The summed E-state index contributed by atoms with van der Waals surface area (Å²) >= 11 is 6.22. The summed E-state index contributed by atoms with van der Waals surface area (Å²) in [4.78, 5) is 18.1. The first kappa shape index (κ1) is 16.2. The predicted molar refractivity (Wildman–Crippen MR) is 88.8 cm³/mol. The summed E-state index contributed by atoms with van der Waals surface area (Å²) in [5.74, 6) is 0.616. The van der Waals surface area contributed by atoms with Crippen LogP contribution in [0, 0.1) is 0 Å². The minimum Gasteiger partial charge on any atom is -0.354 e. The van der Waals surface area contributed by atoms with Crippen LogP contribution in [0.15, 0.2) is 18.6 Å². The van der Waals surface area contributed by atoms with E-state index in [2.05, 4.69) is 4.98 Å². The molecule has 0 amide bonds. The van der Waals surface area contributed by atoms with Crippen LogP contribution in [0.2, 0.25) is 5.02 Å². The van der Waals surface area contributed by atoms with Gasteiger partial charge in [-0.05, 0) is 13.0 Å². The van der Waals surface area contributed by atoms with Gasteiger partial charge >= 0.3 is 0 Å². The van der Waals surface area contributed by atoms with Crippen molar-refractivity contribution in [3.63, 3.8) is 0 Å². The zero-order valence-corrected chi connectivity index (χ0v) is 14.4. The molecule has 1 aliphatic heterocycles. The lowest BCUT2D eigenvalue weighted by molar-refractivity contribution is 0.101.